The second kappa shape index (κ2) is 4.18. The molecule has 0 unspecified atom stereocenters. The molecule has 2 heterocycles. The van der Waals surface area contributed by atoms with Gasteiger partial charge in [-0.25, -0.2) is 4.98 Å². The summed E-state index contributed by atoms with van der Waals surface area (Å²) in [4.78, 5) is 8.24. The molecule has 82 valence electrons. The topological polar surface area (TPSA) is 61.0 Å². The van der Waals surface area contributed by atoms with Crippen LogP contribution < -0.4 is 10.5 Å². The van der Waals surface area contributed by atoms with Crippen molar-refractivity contribution in [1.82, 2.24) is 9.97 Å². The highest BCUT2D eigenvalue weighted by Crippen LogP contribution is 2.23. The fraction of sp³-hybridized carbons (Fsp3) is 0.167. The van der Waals surface area contributed by atoms with Crippen molar-refractivity contribution in [3.8, 4) is 11.6 Å². The molecule has 0 aliphatic rings. The fourth-order valence-corrected chi connectivity index (χ4v) is 1.29. The summed E-state index contributed by atoms with van der Waals surface area (Å²) in [5.74, 6) is 1.24. The van der Waals surface area contributed by atoms with Gasteiger partial charge in [-0.2, -0.15) is 0 Å². The zero-order chi connectivity index (χ0) is 11.5. The first kappa shape index (κ1) is 10.4. The van der Waals surface area contributed by atoms with E-state index in [-0.39, 0.29) is 0 Å². The number of nitrogens with two attached hydrogens (primary N) is 1. The van der Waals surface area contributed by atoms with E-state index < -0.39 is 0 Å². The number of nitrogens with zero attached hydrogens (tertiary/aromatic N) is 2. The number of rotatable bonds is 2. The van der Waals surface area contributed by atoms with Crippen LogP contribution in [0.3, 0.4) is 0 Å². The first-order valence-corrected chi connectivity index (χ1v) is 4.98. The maximum Gasteiger partial charge on any atom is 0.219 e. The van der Waals surface area contributed by atoms with E-state index in [0.717, 1.165) is 11.3 Å². The zero-order valence-electron chi connectivity index (χ0n) is 9.27. The van der Waals surface area contributed by atoms with Crippen LogP contribution in [0, 0.1) is 13.8 Å². The zero-order valence-corrected chi connectivity index (χ0v) is 9.27. The Kier molecular flexibility index (Phi) is 2.72. The summed E-state index contributed by atoms with van der Waals surface area (Å²) in [6.07, 6.45) is 3.32. The number of hydrogen-bond acceptors (Lipinski definition) is 4. The van der Waals surface area contributed by atoms with E-state index in [2.05, 4.69) is 9.97 Å². The van der Waals surface area contributed by atoms with Gasteiger partial charge in [-0.15, -0.1) is 0 Å². The summed E-state index contributed by atoms with van der Waals surface area (Å²) in [6.45, 7) is 3.81. The summed E-state index contributed by atoms with van der Waals surface area (Å²) in [7, 11) is 0. The highest BCUT2D eigenvalue weighted by Gasteiger charge is 2.03. The predicted octanol–water partition coefficient (Wildman–Crippen LogP) is 2.47. The Hall–Kier alpha value is -2.10. The maximum atomic E-state index is 5.68. The molecule has 0 aromatic carbocycles. The highest BCUT2D eigenvalue weighted by atomic mass is 16.5. The Morgan fingerprint density at radius 3 is 2.75 bits per heavy atom. The summed E-state index contributed by atoms with van der Waals surface area (Å²) in [6, 6.07) is 5.49. The van der Waals surface area contributed by atoms with Crippen LogP contribution in [0.5, 0.6) is 11.6 Å². The van der Waals surface area contributed by atoms with Gasteiger partial charge in [-0.3, -0.25) is 4.98 Å². The third-order valence-corrected chi connectivity index (χ3v) is 2.30. The lowest BCUT2D eigenvalue weighted by Crippen LogP contribution is -1.95. The minimum atomic E-state index is 0.530. The molecule has 0 fully saturated rings. The molecular weight excluding hydrogens is 202 g/mol. The number of aryl methyl sites for hydroxylation is 2. The third kappa shape index (κ3) is 2.11. The molecule has 0 saturated heterocycles. The lowest BCUT2D eigenvalue weighted by Gasteiger charge is -2.07. The van der Waals surface area contributed by atoms with Crippen molar-refractivity contribution in [2.45, 2.75) is 13.8 Å². The van der Waals surface area contributed by atoms with E-state index in [1.165, 1.54) is 0 Å². The molecule has 2 rings (SSSR count). The van der Waals surface area contributed by atoms with Crippen molar-refractivity contribution in [2.75, 3.05) is 5.73 Å². The summed E-state index contributed by atoms with van der Waals surface area (Å²) in [5.41, 5.74) is 8.13. The molecule has 0 spiro atoms. The highest BCUT2D eigenvalue weighted by molar-refractivity contribution is 5.46. The maximum absolute atomic E-state index is 5.68. The van der Waals surface area contributed by atoms with Gasteiger partial charge in [0.15, 0.2) is 5.75 Å². The van der Waals surface area contributed by atoms with E-state index in [1.807, 2.05) is 32.0 Å². The second-order valence-corrected chi connectivity index (χ2v) is 3.57. The monoisotopic (exact) mass is 215 g/mol. The van der Waals surface area contributed by atoms with Gasteiger partial charge >= 0.3 is 0 Å². The Bertz CT molecular complexity index is 511. The average molecular weight is 215 g/mol. The first-order valence-electron chi connectivity index (χ1n) is 4.98. The van der Waals surface area contributed by atoms with Crippen LogP contribution in [0.1, 0.15) is 11.3 Å². The minimum absolute atomic E-state index is 0.530. The third-order valence-electron chi connectivity index (χ3n) is 2.30. The molecule has 0 aliphatic heterocycles. The average Bonchev–Trinajstić information content (AvgIpc) is 2.27. The lowest BCUT2D eigenvalue weighted by molar-refractivity contribution is 0.456. The van der Waals surface area contributed by atoms with Gasteiger partial charge in [-0.1, -0.05) is 0 Å². The molecule has 0 radical (unpaired) electrons. The van der Waals surface area contributed by atoms with Crippen molar-refractivity contribution >= 4 is 5.69 Å². The molecular formula is C12H13N3O. The lowest BCUT2D eigenvalue weighted by atomic mass is 10.2. The summed E-state index contributed by atoms with van der Waals surface area (Å²) < 4.78 is 5.62. The smallest absolute Gasteiger partial charge is 0.219 e. The van der Waals surface area contributed by atoms with E-state index in [4.69, 9.17) is 10.5 Å². The van der Waals surface area contributed by atoms with E-state index >= 15 is 0 Å². The van der Waals surface area contributed by atoms with Crippen LogP contribution in [0.25, 0.3) is 0 Å². The number of nitrogen functional groups attached to an aromatic ring is 1. The number of ether oxygens (including phenoxy) is 1. The number of anilines is 1. The molecule has 4 nitrogen and oxygen atoms in total. The Morgan fingerprint density at radius 1 is 1.25 bits per heavy atom. The van der Waals surface area contributed by atoms with Crippen molar-refractivity contribution in [1.29, 1.82) is 0 Å². The molecule has 0 bridgehead atoms. The normalized spacial score (nSPS) is 10.1. The fourth-order valence-electron chi connectivity index (χ4n) is 1.29. The number of hydrogen-bond donors (Lipinski definition) is 1. The van der Waals surface area contributed by atoms with E-state index in [1.54, 1.807) is 12.4 Å². The van der Waals surface area contributed by atoms with Crippen LogP contribution >= 0.6 is 0 Å². The van der Waals surface area contributed by atoms with Gasteiger partial charge in [0.1, 0.15) is 0 Å². The Labute approximate surface area is 94.1 Å². The van der Waals surface area contributed by atoms with Crippen LogP contribution in [-0.2, 0) is 0 Å². The molecule has 0 amide bonds. The van der Waals surface area contributed by atoms with Crippen molar-refractivity contribution in [3.05, 3.63) is 41.9 Å². The Balaban J connectivity index is 2.28. The van der Waals surface area contributed by atoms with Crippen LogP contribution in [0.15, 0.2) is 30.6 Å². The SMILES string of the molecule is Cc1cc(Oc2cccnc2C)ncc1N. The molecule has 2 aromatic rings. The van der Waals surface area contributed by atoms with E-state index in [9.17, 15) is 0 Å². The molecule has 16 heavy (non-hydrogen) atoms. The van der Waals surface area contributed by atoms with Crippen LogP contribution in [0.4, 0.5) is 5.69 Å². The summed E-state index contributed by atoms with van der Waals surface area (Å²) >= 11 is 0. The molecule has 2 aromatic heterocycles. The number of pyridine rings is 2. The molecule has 0 atom stereocenters. The quantitative estimate of drug-likeness (QED) is 0.835. The van der Waals surface area contributed by atoms with Crippen molar-refractivity contribution in [3.63, 3.8) is 0 Å². The first-order chi connectivity index (χ1) is 7.66. The predicted molar refractivity (Wildman–Crippen MR) is 62.4 cm³/mol. The van der Waals surface area contributed by atoms with Crippen molar-refractivity contribution < 1.29 is 4.74 Å². The van der Waals surface area contributed by atoms with Gasteiger partial charge in [0.2, 0.25) is 5.88 Å². The molecule has 2 N–H and O–H groups in total. The summed E-state index contributed by atoms with van der Waals surface area (Å²) in [5, 5.41) is 0. The molecule has 4 heteroatoms. The van der Waals surface area contributed by atoms with Crippen LogP contribution in [-0.4, -0.2) is 9.97 Å². The van der Waals surface area contributed by atoms with Gasteiger partial charge < -0.3 is 10.5 Å². The van der Waals surface area contributed by atoms with Gasteiger partial charge in [0, 0.05) is 12.3 Å². The largest absolute Gasteiger partial charge is 0.437 e. The Morgan fingerprint density at radius 2 is 2.06 bits per heavy atom. The standard InChI is InChI=1S/C12H13N3O/c1-8-6-12(15-7-10(8)13)16-11-4-3-5-14-9(11)2/h3-7H,13H2,1-2H3. The number of aromatic nitrogens is 2. The molecule has 0 saturated carbocycles. The van der Waals surface area contributed by atoms with Gasteiger partial charge in [0.25, 0.3) is 0 Å². The van der Waals surface area contributed by atoms with Crippen molar-refractivity contribution in [2.24, 2.45) is 0 Å². The van der Waals surface area contributed by atoms with Crippen LogP contribution in [0.2, 0.25) is 0 Å². The van der Waals surface area contributed by atoms with E-state index in [0.29, 0.717) is 17.3 Å². The minimum Gasteiger partial charge on any atom is -0.437 e. The second-order valence-electron chi connectivity index (χ2n) is 3.57. The molecule has 0 aliphatic carbocycles. The van der Waals surface area contributed by atoms with Gasteiger partial charge in [-0.05, 0) is 31.5 Å². The van der Waals surface area contributed by atoms with Gasteiger partial charge in [0.05, 0.1) is 17.6 Å².